The highest BCUT2D eigenvalue weighted by molar-refractivity contribution is 7.99. The van der Waals surface area contributed by atoms with Gasteiger partial charge in [0.15, 0.2) is 5.78 Å². The highest BCUT2D eigenvalue weighted by Gasteiger charge is 2.33. The third-order valence-electron chi connectivity index (χ3n) is 5.31. The fourth-order valence-electron chi connectivity index (χ4n) is 3.67. The Balaban J connectivity index is 2.15. The first-order valence-corrected chi connectivity index (χ1v) is 11.8. The van der Waals surface area contributed by atoms with Gasteiger partial charge in [0.05, 0.1) is 11.9 Å². The molecular formula is C20H26N2O4S2. The van der Waals surface area contributed by atoms with E-state index in [2.05, 4.69) is 18.9 Å². The maximum absolute atomic E-state index is 13.4. The Morgan fingerprint density at radius 3 is 2.64 bits per heavy atom. The molecule has 2 aromatic rings. The van der Waals surface area contributed by atoms with E-state index in [1.165, 1.54) is 28.3 Å². The predicted octanol–water partition coefficient (Wildman–Crippen LogP) is 3.77. The second-order valence-electron chi connectivity index (χ2n) is 7.80. The summed E-state index contributed by atoms with van der Waals surface area (Å²) in [5.41, 5.74) is 3.91. The van der Waals surface area contributed by atoms with Crippen LogP contribution >= 0.6 is 11.8 Å². The smallest absolute Gasteiger partial charge is 0.310 e. The maximum Gasteiger partial charge on any atom is 0.310 e. The van der Waals surface area contributed by atoms with E-state index in [1.807, 2.05) is 31.7 Å². The molecule has 3 rings (SSSR count). The SMILES string of the molecule is CCS(=O)(=O)Oc1c(C(=O)c2cc(C)c3c(c2C)C(C)(C)CCS3)cnn1C. The molecule has 0 saturated carbocycles. The Morgan fingerprint density at radius 1 is 1.32 bits per heavy atom. The molecule has 0 spiro atoms. The summed E-state index contributed by atoms with van der Waals surface area (Å²) >= 11 is 1.83. The lowest BCUT2D eigenvalue weighted by molar-refractivity contribution is 0.103. The van der Waals surface area contributed by atoms with E-state index in [4.69, 9.17) is 4.18 Å². The Morgan fingerprint density at radius 2 is 2.00 bits per heavy atom. The molecule has 152 valence electrons. The molecule has 6 nitrogen and oxygen atoms in total. The van der Waals surface area contributed by atoms with Crippen molar-refractivity contribution in [3.63, 3.8) is 0 Å². The highest BCUT2D eigenvalue weighted by atomic mass is 32.2. The first-order valence-electron chi connectivity index (χ1n) is 9.25. The number of ketones is 1. The number of thioether (sulfide) groups is 1. The monoisotopic (exact) mass is 422 g/mol. The minimum Gasteiger partial charge on any atom is -0.361 e. The minimum atomic E-state index is -3.77. The minimum absolute atomic E-state index is 0.0223. The number of aromatic nitrogens is 2. The van der Waals surface area contributed by atoms with Crippen molar-refractivity contribution in [1.29, 1.82) is 0 Å². The first kappa shape index (κ1) is 20.9. The predicted molar refractivity (Wildman–Crippen MR) is 111 cm³/mol. The Hall–Kier alpha value is -1.80. The molecule has 1 aliphatic rings. The zero-order valence-corrected chi connectivity index (χ0v) is 18.8. The van der Waals surface area contributed by atoms with E-state index in [-0.39, 0.29) is 28.4 Å². The molecule has 0 saturated heterocycles. The average molecular weight is 423 g/mol. The number of hydrogen-bond donors (Lipinski definition) is 0. The van der Waals surface area contributed by atoms with E-state index in [1.54, 1.807) is 7.05 Å². The van der Waals surface area contributed by atoms with Crippen LogP contribution in [0.25, 0.3) is 0 Å². The van der Waals surface area contributed by atoms with E-state index >= 15 is 0 Å². The van der Waals surface area contributed by atoms with Gasteiger partial charge in [-0.25, -0.2) is 4.68 Å². The van der Waals surface area contributed by atoms with Crippen LogP contribution in [0.2, 0.25) is 0 Å². The van der Waals surface area contributed by atoms with Crippen LogP contribution in [0.15, 0.2) is 17.2 Å². The molecule has 8 heteroatoms. The van der Waals surface area contributed by atoms with Crippen LogP contribution in [0.5, 0.6) is 5.88 Å². The molecule has 2 heterocycles. The van der Waals surface area contributed by atoms with Crippen LogP contribution in [0.4, 0.5) is 0 Å². The van der Waals surface area contributed by atoms with Gasteiger partial charge in [-0.3, -0.25) is 4.79 Å². The van der Waals surface area contributed by atoms with Gasteiger partial charge in [0.2, 0.25) is 5.88 Å². The largest absolute Gasteiger partial charge is 0.361 e. The van der Waals surface area contributed by atoms with Crippen LogP contribution in [0.1, 0.15) is 59.8 Å². The number of benzene rings is 1. The number of aryl methyl sites for hydroxylation is 2. The average Bonchev–Trinajstić information content (AvgIpc) is 2.96. The number of hydrogen-bond acceptors (Lipinski definition) is 6. The standard InChI is InChI=1S/C20H26N2O4S2/c1-7-28(24,25)26-19-15(11-21-22(19)6)17(23)14-10-12(2)18-16(13(14)3)20(4,5)8-9-27-18/h10-11H,7-9H2,1-6H3. The van der Waals surface area contributed by atoms with Gasteiger partial charge < -0.3 is 4.18 Å². The Bertz CT molecular complexity index is 1050. The van der Waals surface area contributed by atoms with Gasteiger partial charge in [-0.2, -0.15) is 13.5 Å². The summed E-state index contributed by atoms with van der Waals surface area (Å²) in [6.45, 7) is 9.89. The number of fused-ring (bicyclic) bond motifs is 1. The van der Waals surface area contributed by atoms with E-state index < -0.39 is 10.1 Å². The van der Waals surface area contributed by atoms with Gasteiger partial charge in [0, 0.05) is 17.5 Å². The zero-order chi connectivity index (χ0) is 20.9. The van der Waals surface area contributed by atoms with E-state index in [0.717, 1.165) is 23.3 Å². The summed E-state index contributed by atoms with van der Waals surface area (Å²) in [6.07, 6.45) is 2.41. The van der Waals surface area contributed by atoms with Gasteiger partial charge in [-0.15, -0.1) is 11.8 Å². The molecule has 0 unspecified atom stereocenters. The van der Waals surface area contributed by atoms with Gasteiger partial charge >= 0.3 is 10.1 Å². The lowest BCUT2D eigenvalue weighted by atomic mass is 9.77. The first-order chi connectivity index (χ1) is 13.0. The molecule has 0 fully saturated rings. The van der Waals surface area contributed by atoms with Crippen LogP contribution in [0, 0.1) is 13.8 Å². The van der Waals surface area contributed by atoms with Crippen molar-refractivity contribution in [2.75, 3.05) is 11.5 Å². The molecule has 1 aromatic carbocycles. The number of carbonyl (C=O) groups is 1. The van der Waals surface area contributed by atoms with Gasteiger partial charge in [0.1, 0.15) is 5.56 Å². The van der Waals surface area contributed by atoms with Gasteiger partial charge in [-0.1, -0.05) is 13.8 Å². The third-order valence-corrected chi connectivity index (χ3v) is 7.65. The molecule has 0 bridgehead atoms. The molecule has 0 amide bonds. The van der Waals surface area contributed by atoms with Crippen molar-refractivity contribution >= 4 is 27.7 Å². The fraction of sp³-hybridized carbons (Fsp3) is 0.500. The third kappa shape index (κ3) is 3.59. The van der Waals surface area contributed by atoms with Crippen molar-refractivity contribution < 1.29 is 17.4 Å². The molecule has 1 aliphatic heterocycles. The maximum atomic E-state index is 13.4. The van der Waals surface area contributed by atoms with Crippen LogP contribution in [-0.2, 0) is 22.6 Å². The van der Waals surface area contributed by atoms with Gasteiger partial charge in [0.25, 0.3) is 0 Å². The van der Waals surface area contributed by atoms with E-state index in [0.29, 0.717) is 5.56 Å². The topological polar surface area (TPSA) is 78.3 Å². The Labute approximate surface area is 170 Å². The second kappa shape index (κ2) is 7.22. The molecule has 1 aromatic heterocycles. The molecule has 28 heavy (non-hydrogen) atoms. The second-order valence-corrected chi connectivity index (χ2v) is 10.8. The fourth-order valence-corrected chi connectivity index (χ4v) is 5.90. The molecular weight excluding hydrogens is 396 g/mol. The number of nitrogens with zero attached hydrogens (tertiary/aromatic N) is 2. The van der Waals surface area contributed by atoms with Crippen molar-refractivity contribution in [2.45, 2.75) is 51.3 Å². The lowest BCUT2D eigenvalue weighted by Crippen LogP contribution is -2.26. The summed E-state index contributed by atoms with van der Waals surface area (Å²) < 4.78 is 30.3. The molecule has 0 N–H and O–H groups in total. The molecule has 0 aliphatic carbocycles. The zero-order valence-electron chi connectivity index (χ0n) is 17.1. The number of carbonyl (C=O) groups excluding carboxylic acids is 1. The van der Waals surface area contributed by atoms with Crippen LogP contribution in [-0.4, -0.2) is 35.5 Å². The molecule has 0 atom stereocenters. The molecule has 0 radical (unpaired) electrons. The highest BCUT2D eigenvalue weighted by Crippen LogP contribution is 2.46. The van der Waals surface area contributed by atoms with Crippen molar-refractivity contribution in [2.24, 2.45) is 7.05 Å². The lowest BCUT2D eigenvalue weighted by Gasteiger charge is -2.35. The van der Waals surface area contributed by atoms with Crippen LogP contribution < -0.4 is 4.18 Å². The normalized spacial score (nSPS) is 15.9. The summed E-state index contributed by atoms with van der Waals surface area (Å²) in [4.78, 5) is 14.6. The van der Waals surface area contributed by atoms with Crippen molar-refractivity contribution in [3.05, 3.63) is 40.1 Å². The summed E-state index contributed by atoms with van der Waals surface area (Å²) in [6, 6.07) is 1.90. The summed E-state index contributed by atoms with van der Waals surface area (Å²) in [5.74, 6) is 0.552. The van der Waals surface area contributed by atoms with Crippen molar-refractivity contribution in [1.82, 2.24) is 9.78 Å². The van der Waals surface area contributed by atoms with Gasteiger partial charge in [-0.05, 0) is 61.1 Å². The Kier molecular flexibility index (Phi) is 5.40. The summed E-state index contributed by atoms with van der Waals surface area (Å²) in [5, 5.41) is 4.05. The summed E-state index contributed by atoms with van der Waals surface area (Å²) in [7, 11) is -2.21. The van der Waals surface area contributed by atoms with Crippen molar-refractivity contribution in [3.8, 4) is 5.88 Å². The van der Waals surface area contributed by atoms with Crippen LogP contribution in [0.3, 0.4) is 0 Å². The quantitative estimate of drug-likeness (QED) is 0.539. The van der Waals surface area contributed by atoms with E-state index in [9.17, 15) is 13.2 Å². The number of rotatable bonds is 5.